The number of sulfonamides is 1. The molecule has 1 N–H and O–H groups in total. The first-order chi connectivity index (χ1) is 15.8. The number of anilines is 1. The van der Waals surface area contributed by atoms with E-state index in [0.29, 0.717) is 29.3 Å². The molecule has 2 aromatic rings. The van der Waals surface area contributed by atoms with E-state index in [9.17, 15) is 23.3 Å². The Balaban J connectivity index is 1.43. The summed E-state index contributed by atoms with van der Waals surface area (Å²) in [6, 6.07) is 6.41. The van der Waals surface area contributed by atoms with Gasteiger partial charge in [-0.15, -0.1) is 11.3 Å². The molecule has 4 rings (SSSR count). The second kappa shape index (κ2) is 9.61. The Labute approximate surface area is 196 Å². The molecule has 0 spiro atoms. The molecule has 1 aromatic carbocycles. The van der Waals surface area contributed by atoms with Crippen LogP contribution in [-0.2, 0) is 37.1 Å². The van der Waals surface area contributed by atoms with Crippen molar-refractivity contribution in [2.45, 2.75) is 31.1 Å². The Morgan fingerprint density at radius 2 is 2.03 bits per heavy atom. The number of rotatable bonds is 6. The summed E-state index contributed by atoms with van der Waals surface area (Å²) in [6.07, 6.45) is 2.71. The highest BCUT2D eigenvalue weighted by Gasteiger charge is 2.28. The van der Waals surface area contributed by atoms with E-state index in [4.69, 9.17) is 9.47 Å². The van der Waals surface area contributed by atoms with Crippen LogP contribution in [0.3, 0.4) is 0 Å². The van der Waals surface area contributed by atoms with Crippen molar-refractivity contribution in [1.29, 1.82) is 5.26 Å². The van der Waals surface area contributed by atoms with Gasteiger partial charge in [0.05, 0.1) is 29.2 Å². The molecule has 11 heteroatoms. The first-order valence-corrected chi connectivity index (χ1v) is 12.8. The number of nitrogens with zero attached hydrogens (tertiary/aromatic N) is 2. The van der Waals surface area contributed by atoms with Gasteiger partial charge in [0.2, 0.25) is 10.0 Å². The third-order valence-corrected chi connectivity index (χ3v) is 8.76. The average molecular weight is 490 g/mol. The van der Waals surface area contributed by atoms with Crippen molar-refractivity contribution in [3.63, 3.8) is 0 Å². The molecular weight excluding hydrogens is 466 g/mol. The number of amides is 1. The first kappa shape index (κ1) is 23.4. The number of nitriles is 1. The van der Waals surface area contributed by atoms with Crippen LogP contribution in [0.5, 0.6) is 0 Å². The number of esters is 1. The van der Waals surface area contributed by atoms with Gasteiger partial charge in [0, 0.05) is 18.0 Å². The molecule has 0 unspecified atom stereocenters. The Morgan fingerprint density at radius 3 is 2.76 bits per heavy atom. The van der Waals surface area contributed by atoms with Crippen LogP contribution in [0, 0.1) is 18.3 Å². The molecule has 1 fully saturated rings. The monoisotopic (exact) mass is 489 g/mol. The number of morpholine rings is 1. The maximum Gasteiger partial charge on any atom is 0.338 e. The van der Waals surface area contributed by atoms with Crippen LogP contribution in [-0.4, -0.2) is 57.5 Å². The lowest BCUT2D eigenvalue weighted by Gasteiger charge is -2.26. The summed E-state index contributed by atoms with van der Waals surface area (Å²) in [5.41, 5.74) is 2.07. The fourth-order valence-electron chi connectivity index (χ4n) is 3.90. The van der Waals surface area contributed by atoms with E-state index in [-0.39, 0.29) is 23.5 Å². The van der Waals surface area contributed by atoms with Crippen LogP contribution in [0.25, 0.3) is 0 Å². The van der Waals surface area contributed by atoms with E-state index >= 15 is 0 Å². The Bertz CT molecular complexity index is 1240. The minimum atomic E-state index is -3.78. The Morgan fingerprint density at radius 1 is 1.27 bits per heavy atom. The topological polar surface area (TPSA) is 126 Å². The van der Waals surface area contributed by atoms with E-state index in [2.05, 4.69) is 11.4 Å². The molecular formula is C22H23N3O6S2. The van der Waals surface area contributed by atoms with Crippen LogP contribution < -0.4 is 5.32 Å². The fraction of sp³-hybridized carbons (Fsp3) is 0.409. The number of carbonyl (C=O) groups excluding carboxylic acids is 2. The number of benzene rings is 1. The second-order valence-corrected chi connectivity index (χ2v) is 10.8. The normalized spacial score (nSPS) is 16.1. The van der Waals surface area contributed by atoms with Gasteiger partial charge < -0.3 is 14.8 Å². The zero-order chi connectivity index (χ0) is 23.6. The van der Waals surface area contributed by atoms with Crippen LogP contribution in [0.15, 0.2) is 23.1 Å². The molecule has 0 radical (unpaired) electrons. The Hall–Kier alpha value is -2.78. The van der Waals surface area contributed by atoms with Crippen molar-refractivity contribution in [2.24, 2.45) is 0 Å². The van der Waals surface area contributed by atoms with Crippen molar-refractivity contribution in [2.75, 3.05) is 38.2 Å². The lowest BCUT2D eigenvalue weighted by atomic mass is 10.1. The summed E-state index contributed by atoms with van der Waals surface area (Å²) >= 11 is 1.38. The summed E-state index contributed by atoms with van der Waals surface area (Å²) in [4.78, 5) is 26.1. The summed E-state index contributed by atoms with van der Waals surface area (Å²) < 4.78 is 37.5. The Kier molecular flexibility index (Phi) is 6.81. The molecule has 0 atom stereocenters. The van der Waals surface area contributed by atoms with Gasteiger partial charge in [0.15, 0.2) is 6.61 Å². The molecule has 174 valence electrons. The van der Waals surface area contributed by atoms with Crippen LogP contribution in [0.2, 0.25) is 0 Å². The van der Waals surface area contributed by atoms with Crippen LogP contribution in [0.4, 0.5) is 5.00 Å². The van der Waals surface area contributed by atoms with Gasteiger partial charge in [-0.1, -0.05) is 6.07 Å². The van der Waals surface area contributed by atoms with E-state index in [0.717, 1.165) is 29.7 Å². The molecule has 1 saturated heterocycles. The number of ether oxygens (including phenoxy) is 2. The third kappa shape index (κ3) is 4.79. The van der Waals surface area contributed by atoms with Gasteiger partial charge >= 0.3 is 5.97 Å². The summed E-state index contributed by atoms with van der Waals surface area (Å²) in [6.45, 7) is 2.23. The minimum absolute atomic E-state index is 0.0156. The molecule has 1 aliphatic heterocycles. The van der Waals surface area contributed by atoms with E-state index in [1.807, 2.05) is 0 Å². The van der Waals surface area contributed by atoms with Gasteiger partial charge in [-0.3, -0.25) is 4.79 Å². The SMILES string of the molecule is Cc1ccc(S(=O)(=O)N2CCOCC2)cc1C(=O)OCC(=O)Nc1sc2c(c1C#N)CCC2. The van der Waals surface area contributed by atoms with E-state index in [1.54, 1.807) is 6.92 Å². The smallest absolute Gasteiger partial charge is 0.338 e. The number of carbonyl (C=O) groups is 2. The van der Waals surface area contributed by atoms with E-state index < -0.39 is 28.5 Å². The number of hydrogen-bond acceptors (Lipinski definition) is 8. The van der Waals surface area contributed by atoms with Gasteiger partial charge in [0.25, 0.3) is 5.91 Å². The predicted octanol–water partition coefficient (Wildman–Crippen LogP) is 2.23. The zero-order valence-corrected chi connectivity index (χ0v) is 19.7. The lowest BCUT2D eigenvalue weighted by Crippen LogP contribution is -2.40. The average Bonchev–Trinajstić information content (AvgIpc) is 3.39. The number of nitrogens with one attached hydrogen (secondary N) is 1. The van der Waals surface area contributed by atoms with Crippen molar-refractivity contribution >= 4 is 38.2 Å². The molecule has 2 aliphatic rings. The molecule has 33 heavy (non-hydrogen) atoms. The first-order valence-electron chi connectivity index (χ1n) is 10.5. The maximum atomic E-state index is 12.9. The van der Waals surface area contributed by atoms with Crippen molar-refractivity contribution in [3.05, 3.63) is 45.3 Å². The van der Waals surface area contributed by atoms with Crippen molar-refractivity contribution < 1.29 is 27.5 Å². The predicted molar refractivity (Wildman–Crippen MR) is 121 cm³/mol. The highest BCUT2D eigenvalue weighted by molar-refractivity contribution is 7.89. The number of fused-ring (bicyclic) bond motifs is 1. The van der Waals surface area contributed by atoms with Gasteiger partial charge in [-0.05, 0) is 49.4 Å². The number of aryl methyl sites for hydroxylation is 2. The van der Waals surface area contributed by atoms with Gasteiger partial charge in [-0.2, -0.15) is 9.57 Å². The second-order valence-electron chi connectivity index (χ2n) is 7.79. The van der Waals surface area contributed by atoms with Crippen molar-refractivity contribution in [3.8, 4) is 6.07 Å². The molecule has 1 amide bonds. The largest absolute Gasteiger partial charge is 0.452 e. The summed E-state index contributed by atoms with van der Waals surface area (Å²) in [7, 11) is -3.78. The lowest BCUT2D eigenvalue weighted by molar-refractivity contribution is -0.119. The van der Waals surface area contributed by atoms with Gasteiger partial charge in [0.1, 0.15) is 11.1 Å². The maximum absolute atomic E-state index is 12.9. The third-order valence-electron chi connectivity index (χ3n) is 5.66. The highest BCUT2D eigenvalue weighted by Crippen LogP contribution is 2.38. The molecule has 9 nitrogen and oxygen atoms in total. The van der Waals surface area contributed by atoms with Gasteiger partial charge in [-0.25, -0.2) is 13.2 Å². The summed E-state index contributed by atoms with van der Waals surface area (Å²) in [5.74, 6) is -1.36. The van der Waals surface area contributed by atoms with Crippen molar-refractivity contribution in [1.82, 2.24) is 4.31 Å². The van der Waals surface area contributed by atoms with E-state index in [1.165, 1.54) is 33.8 Å². The minimum Gasteiger partial charge on any atom is -0.452 e. The summed E-state index contributed by atoms with van der Waals surface area (Å²) in [5, 5.41) is 12.6. The molecule has 2 heterocycles. The number of hydrogen-bond donors (Lipinski definition) is 1. The highest BCUT2D eigenvalue weighted by atomic mass is 32.2. The number of thiophene rings is 1. The standard InChI is InChI=1S/C22H23N3O6S2/c1-14-5-6-15(33(28,29)25-7-9-30-10-8-25)11-17(14)22(27)31-13-20(26)24-21-18(12-23)16-3-2-4-19(16)32-21/h5-6,11H,2-4,7-10,13H2,1H3,(H,24,26). The molecule has 1 aliphatic carbocycles. The molecule has 0 bridgehead atoms. The van der Waals surface area contributed by atoms with Crippen LogP contribution >= 0.6 is 11.3 Å². The molecule has 1 aromatic heterocycles. The molecule has 0 saturated carbocycles. The quantitative estimate of drug-likeness (QED) is 0.617. The van der Waals surface area contributed by atoms with Crippen LogP contribution in [0.1, 0.15) is 38.3 Å². The zero-order valence-electron chi connectivity index (χ0n) is 18.0. The fourth-order valence-corrected chi connectivity index (χ4v) is 6.59.